The molecule has 26 heavy (non-hydrogen) atoms. The molecule has 4 nitrogen and oxygen atoms in total. The van der Waals surface area contributed by atoms with E-state index in [1.807, 2.05) is 31.2 Å². The van der Waals surface area contributed by atoms with Crippen LogP contribution >= 0.6 is 0 Å². The lowest BCUT2D eigenvalue weighted by Crippen LogP contribution is -2.37. The van der Waals surface area contributed by atoms with Gasteiger partial charge in [0.05, 0.1) is 12.7 Å². The molecule has 2 aromatic carbocycles. The van der Waals surface area contributed by atoms with Crippen molar-refractivity contribution in [3.05, 3.63) is 65.2 Å². The van der Waals surface area contributed by atoms with Gasteiger partial charge in [-0.2, -0.15) is 0 Å². The number of nitrogens with one attached hydrogen (secondary N) is 1. The van der Waals surface area contributed by atoms with Crippen molar-refractivity contribution in [2.75, 3.05) is 7.11 Å². The SMILES string of the molecule is COc1cccc([C@H](C)N[C@H](C)C(=O)O[C@H](C)c2c(F)cccc2F)c1. The maximum atomic E-state index is 13.8. The molecule has 0 bridgehead atoms. The molecular weight excluding hydrogens is 340 g/mol. The summed E-state index contributed by atoms with van der Waals surface area (Å²) >= 11 is 0. The number of esters is 1. The molecule has 6 heteroatoms. The van der Waals surface area contributed by atoms with Gasteiger partial charge < -0.3 is 9.47 Å². The smallest absolute Gasteiger partial charge is 0.323 e. The third-order valence-electron chi connectivity index (χ3n) is 4.15. The van der Waals surface area contributed by atoms with Crippen LogP contribution in [0.5, 0.6) is 5.75 Å². The second-order valence-electron chi connectivity index (χ2n) is 6.10. The van der Waals surface area contributed by atoms with E-state index in [9.17, 15) is 13.6 Å². The first-order chi connectivity index (χ1) is 12.3. The van der Waals surface area contributed by atoms with Crippen molar-refractivity contribution < 1.29 is 23.0 Å². The summed E-state index contributed by atoms with van der Waals surface area (Å²) < 4.78 is 38.0. The van der Waals surface area contributed by atoms with Gasteiger partial charge in [-0.3, -0.25) is 10.1 Å². The molecule has 3 atom stereocenters. The van der Waals surface area contributed by atoms with Crippen LogP contribution in [0.1, 0.15) is 44.0 Å². The van der Waals surface area contributed by atoms with E-state index >= 15 is 0 Å². The van der Waals surface area contributed by atoms with Gasteiger partial charge >= 0.3 is 5.97 Å². The fourth-order valence-electron chi connectivity index (χ4n) is 2.68. The molecule has 0 saturated carbocycles. The first-order valence-electron chi connectivity index (χ1n) is 8.38. The van der Waals surface area contributed by atoms with Gasteiger partial charge in [0.25, 0.3) is 0 Å². The maximum Gasteiger partial charge on any atom is 0.323 e. The number of benzene rings is 2. The second kappa shape index (κ2) is 8.76. The number of methoxy groups -OCH3 is 1. The highest BCUT2D eigenvalue weighted by atomic mass is 19.1. The molecular formula is C20H23F2NO3. The predicted molar refractivity (Wildman–Crippen MR) is 94.9 cm³/mol. The van der Waals surface area contributed by atoms with Crippen LogP contribution in [0.15, 0.2) is 42.5 Å². The highest BCUT2D eigenvalue weighted by Crippen LogP contribution is 2.24. The average Bonchev–Trinajstić information content (AvgIpc) is 2.61. The zero-order valence-electron chi connectivity index (χ0n) is 15.3. The van der Waals surface area contributed by atoms with Crippen LogP contribution in [0.2, 0.25) is 0 Å². The van der Waals surface area contributed by atoms with Crippen LogP contribution in [0.3, 0.4) is 0 Å². The van der Waals surface area contributed by atoms with Gasteiger partial charge in [0.1, 0.15) is 29.5 Å². The van der Waals surface area contributed by atoms with Crippen molar-refractivity contribution in [2.24, 2.45) is 0 Å². The fraction of sp³-hybridized carbons (Fsp3) is 0.350. The topological polar surface area (TPSA) is 47.6 Å². The van der Waals surface area contributed by atoms with Crippen LogP contribution in [-0.4, -0.2) is 19.1 Å². The predicted octanol–water partition coefficient (Wildman–Crippen LogP) is 4.32. The van der Waals surface area contributed by atoms with Crippen molar-refractivity contribution in [3.8, 4) is 5.75 Å². The Morgan fingerprint density at radius 2 is 1.65 bits per heavy atom. The molecule has 0 spiro atoms. The highest BCUT2D eigenvalue weighted by molar-refractivity contribution is 5.75. The van der Waals surface area contributed by atoms with Gasteiger partial charge in [0.15, 0.2) is 0 Å². The maximum absolute atomic E-state index is 13.8. The van der Waals surface area contributed by atoms with Gasteiger partial charge in [-0.05, 0) is 50.6 Å². The van der Waals surface area contributed by atoms with Crippen molar-refractivity contribution in [3.63, 3.8) is 0 Å². The number of carbonyl (C=O) groups excluding carboxylic acids is 1. The van der Waals surface area contributed by atoms with E-state index in [2.05, 4.69) is 5.32 Å². The third kappa shape index (κ3) is 4.79. The molecule has 0 aliphatic heterocycles. The highest BCUT2D eigenvalue weighted by Gasteiger charge is 2.24. The summed E-state index contributed by atoms with van der Waals surface area (Å²) in [4.78, 5) is 12.3. The monoisotopic (exact) mass is 363 g/mol. The number of hydrogen-bond donors (Lipinski definition) is 1. The Bertz CT molecular complexity index is 746. The first kappa shape index (κ1) is 19.8. The second-order valence-corrected chi connectivity index (χ2v) is 6.10. The van der Waals surface area contributed by atoms with E-state index in [4.69, 9.17) is 9.47 Å². The summed E-state index contributed by atoms with van der Waals surface area (Å²) in [7, 11) is 1.58. The fourth-order valence-corrected chi connectivity index (χ4v) is 2.68. The molecule has 0 amide bonds. The van der Waals surface area contributed by atoms with Crippen molar-refractivity contribution in [2.45, 2.75) is 39.0 Å². The van der Waals surface area contributed by atoms with E-state index in [0.29, 0.717) is 0 Å². The molecule has 0 radical (unpaired) electrons. The van der Waals surface area contributed by atoms with Gasteiger partial charge in [0, 0.05) is 6.04 Å². The van der Waals surface area contributed by atoms with Crippen molar-refractivity contribution >= 4 is 5.97 Å². The van der Waals surface area contributed by atoms with Gasteiger partial charge in [-0.15, -0.1) is 0 Å². The molecule has 0 saturated heterocycles. The Labute approximate surface area is 152 Å². The number of hydrogen-bond acceptors (Lipinski definition) is 4. The van der Waals surface area contributed by atoms with Crippen molar-refractivity contribution in [1.29, 1.82) is 0 Å². The lowest BCUT2D eigenvalue weighted by Gasteiger charge is -2.22. The lowest BCUT2D eigenvalue weighted by molar-refractivity contribution is -0.151. The van der Waals surface area contributed by atoms with Crippen LogP contribution in [0, 0.1) is 11.6 Å². The van der Waals surface area contributed by atoms with Crippen LogP contribution in [-0.2, 0) is 9.53 Å². The molecule has 0 aromatic heterocycles. The van der Waals surface area contributed by atoms with Crippen LogP contribution in [0.4, 0.5) is 8.78 Å². The molecule has 2 rings (SSSR count). The Hall–Kier alpha value is -2.47. The summed E-state index contributed by atoms with van der Waals surface area (Å²) in [5.74, 6) is -1.35. The van der Waals surface area contributed by atoms with Gasteiger partial charge in [-0.1, -0.05) is 18.2 Å². The zero-order valence-corrected chi connectivity index (χ0v) is 15.3. The average molecular weight is 363 g/mol. The summed E-state index contributed by atoms with van der Waals surface area (Å²) in [5.41, 5.74) is 0.686. The first-order valence-corrected chi connectivity index (χ1v) is 8.38. The molecule has 0 aliphatic rings. The Kier molecular flexibility index (Phi) is 6.69. The standard InChI is InChI=1S/C20H23F2NO3/c1-12(15-7-5-8-16(11-15)25-4)23-13(2)20(24)26-14(3)19-17(21)9-6-10-18(19)22/h5-14,23H,1-4H3/t12-,13+,14+/m0/s1. The lowest BCUT2D eigenvalue weighted by atomic mass is 10.1. The number of halogens is 2. The van der Waals surface area contributed by atoms with E-state index in [1.165, 1.54) is 13.0 Å². The van der Waals surface area contributed by atoms with Crippen molar-refractivity contribution in [1.82, 2.24) is 5.32 Å². The van der Waals surface area contributed by atoms with E-state index in [1.54, 1.807) is 14.0 Å². The molecule has 140 valence electrons. The van der Waals surface area contributed by atoms with E-state index < -0.39 is 29.7 Å². The number of rotatable bonds is 7. The van der Waals surface area contributed by atoms with E-state index in [-0.39, 0.29) is 11.6 Å². The molecule has 0 fully saturated rings. The Morgan fingerprint density at radius 1 is 1.04 bits per heavy atom. The molecule has 0 aliphatic carbocycles. The zero-order chi connectivity index (χ0) is 19.3. The van der Waals surface area contributed by atoms with E-state index in [0.717, 1.165) is 23.4 Å². The Morgan fingerprint density at radius 3 is 2.27 bits per heavy atom. The molecule has 0 unspecified atom stereocenters. The minimum Gasteiger partial charge on any atom is -0.497 e. The summed E-state index contributed by atoms with van der Waals surface area (Å²) in [6.07, 6.45) is -1.03. The molecule has 2 aromatic rings. The number of carbonyl (C=O) groups is 1. The Balaban J connectivity index is 2.00. The summed E-state index contributed by atoms with van der Waals surface area (Å²) in [5, 5.41) is 3.12. The summed E-state index contributed by atoms with van der Waals surface area (Å²) in [6, 6.07) is 10.2. The van der Waals surface area contributed by atoms with Crippen LogP contribution in [0.25, 0.3) is 0 Å². The number of ether oxygens (including phenoxy) is 2. The molecule has 1 N–H and O–H groups in total. The largest absolute Gasteiger partial charge is 0.497 e. The summed E-state index contributed by atoms with van der Waals surface area (Å²) in [6.45, 7) is 4.99. The third-order valence-corrected chi connectivity index (χ3v) is 4.15. The molecule has 0 heterocycles. The minimum absolute atomic E-state index is 0.145. The van der Waals surface area contributed by atoms with Gasteiger partial charge in [0.2, 0.25) is 0 Å². The quantitative estimate of drug-likeness (QED) is 0.745. The van der Waals surface area contributed by atoms with Gasteiger partial charge in [-0.25, -0.2) is 8.78 Å². The minimum atomic E-state index is -1.03. The van der Waals surface area contributed by atoms with Crippen LogP contribution < -0.4 is 10.1 Å². The normalized spacial score (nSPS) is 14.4.